The van der Waals surface area contributed by atoms with Gasteiger partial charge in [-0.1, -0.05) is 11.3 Å². The summed E-state index contributed by atoms with van der Waals surface area (Å²) in [5, 5.41) is 2.68. The maximum absolute atomic E-state index is 12.2. The second-order valence-corrected chi connectivity index (χ2v) is 7.17. The standard InChI is InChI=1S/C13H15N3O4S2/c1-3-20-11-6-4-10(5-7-11)16-22(18,19)12-8-14-13(21-12)15-9(2)17/h4-8,16H,3H2,1-2H3,(H,14,15,17). The van der Waals surface area contributed by atoms with Crippen molar-refractivity contribution in [2.24, 2.45) is 0 Å². The highest BCUT2D eigenvalue weighted by atomic mass is 32.2. The predicted octanol–water partition coefficient (Wildman–Crippen LogP) is 2.30. The summed E-state index contributed by atoms with van der Waals surface area (Å²) in [6, 6.07) is 6.57. The molecule has 0 unspecified atom stereocenters. The van der Waals surface area contributed by atoms with E-state index in [9.17, 15) is 13.2 Å². The smallest absolute Gasteiger partial charge is 0.273 e. The number of nitrogens with zero attached hydrogens (tertiary/aromatic N) is 1. The Morgan fingerprint density at radius 3 is 2.59 bits per heavy atom. The van der Waals surface area contributed by atoms with E-state index in [0.717, 1.165) is 11.3 Å². The molecule has 0 fully saturated rings. The number of nitrogens with one attached hydrogen (secondary N) is 2. The Hall–Kier alpha value is -2.13. The predicted molar refractivity (Wildman–Crippen MR) is 84.8 cm³/mol. The van der Waals surface area contributed by atoms with Crippen LogP contribution in [0.15, 0.2) is 34.7 Å². The van der Waals surface area contributed by atoms with Gasteiger partial charge in [0, 0.05) is 12.6 Å². The number of benzene rings is 1. The average molecular weight is 341 g/mol. The molecule has 2 aromatic rings. The number of anilines is 2. The van der Waals surface area contributed by atoms with Gasteiger partial charge in [-0.25, -0.2) is 13.4 Å². The van der Waals surface area contributed by atoms with E-state index in [1.807, 2.05) is 6.92 Å². The average Bonchev–Trinajstić information content (AvgIpc) is 2.89. The SMILES string of the molecule is CCOc1ccc(NS(=O)(=O)c2cnc(NC(C)=O)s2)cc1. The van der Waals surface area contributed by atoms with E-state index in [-0.39, 0.29) is 15.2 Å². The van der Waals surface area contributed by atoms with Crippen LogP contribution in [0.4, 0.5) is 10.8 Å². The molecular weight excluding hydrogens is 326 g/mol. The lowest BCUT2D eigenvalue weighted by Gasteiger charge is -2.07. The minimum absolute atomic E-state index is 0.0186. The summed E-state index contributed by atoms with van der Waals surface area (Å²) >= 11 is 0.880. The summed E-state index contributed by atoms with van der Waals surface area (Å²) in [7, 11) is -3.74. The molecule has 0 saturated carbocycles. The number of hydrogen-bond acceptors (Lipinski definition) is 6. The molecule has 1 aromatic heterocycles. The van der Waals surface area contributed by atoms with Crippen molar-refractivity contribution in [3.05, 3.63) is 30.5 Å². The maximum Gasteiger partial charge on any atom is 0.273 e. The lowest BCUT2D eigenvalue weighted by Crippen LogP contribution is -2.11. The Morgan fingerprint density at radius 1 is 1.32 bits per heavy atom. The van der Waals surface area contributed by atoms with Gasteiger partial charge < -0.3 is 10.1 Å². The molecule has 0 bridgehead atoms. The first-order chi connectivity index (χ1) is 10.4. The molecule has 0 radical (unpaired) electrons. The van der Waals surface area contributed by atoms with Crippen LogP contribution in [0.3, 0.4) is 0 Å². The van der Waals surface area contributed by atoms with Crippen LogP contribution in [0.25, 0.3) is 0 Å². The second kappa shape index (κ2) is 6.75. The zero-order valence-corrected chi connectivity index (χ0v) is 13.6. The molecule has 0 aliphatic carbocycles. The summed E-state index contributed by atoms with van der Waals surface area (Å²) in [5.41, 5.74) is 0.415. The fraction of sp³-hybridized carbons (Fsp3) is 0.231. The van der Waals surface area contributed by atoms with Gasteiger partial charge in [-0.05, 0) is 31.2 Å². The molecule has 0 atom stereocenters. The molecule has 1 heterocycles. The van der Waals surface area contributed by atoms with E-state index in [2.05, 4.69) is 15.0 Å². The van der Waals surface area contributed by atoms with E-state index in [0.29, 0.717) is 18.0 Å². The van der Waals surface area contributed by atoms with Gasteiger partial charge in [0.15, 0.2) is 9.34 Å². The van der Waals surface area contributed by atoms with Crippen LogP contribution in [0.5, 0.6) is 5.75 Å². The molecule has 0 aliphatic heterocycles. The fourth-order valence-corrected chi connectivity index (χ4v) is 3.72. The largest absolute Gasteiger partial charge is 0.494 e. The molecule has 9 heteroatoms. The quantitative estimate of drug-likeness (QED) is 0.840. The maximum atomic E-state index is 12.2. The van der Waals surface area contributed by atoms with Crippen LogP contribution in [-0.4, -0.2) is 25.9 Å². The van der Waals surface area contributed by atoms with Crippen molar-refractivity contribution in [1.82, 2.24) is 4.98 Å². The second-order valence-electron chi connectivity index (χ2n) is 4.23. The van der Waals surface area contributed by atoms with Gasteiger partial charge in [-0.2, -0.15) is 0 Å². The van der Waals surface area contributed by atoms with Crippen molar-refractivity contribution in [3.8, 4) is 5.75 Å². The molecule has 1 amide bonds. The highest BCUT2D eigenvalue weighted by Crippen LogP contribution is 2.25. The monoisotopic (exact) mass is 341 g/mol. The number of thiazole rings is 1. The zero-order chi connectivity index (χ0) is 16.2. The van der Waals surface area contributed by atoms with E-state index in [1.165, 1.54) is 13.1 Å². The number of rotatable bonds is 6. The van der Waals surface area contributed by atoms with Crippen molar-refractivity contribution in [1.29, 1.82) is 0 Å². The van der Waals surface area contributed by atoms with Crippen LogP contribution in [-0.2, 0) is 14.8 Å². The number of carbonyl (C=O) groups is 1. The zero-order valence-electron chi connectivity index (χ0n) is 12.0. The number of hydrogen-bond donors (Lipinski definition) is 2. The highest BCUT2D eigenvalue weighted by Gasteiger charge is 2.18. The van der Waals surface area contributed by atoms with E-state index in [1.54, 1.807) is 24.3 Å². The molecule has 2 N–H and O–H groups in total. The van der Waals surface area contributed by atoms with Crippen LogP contribution in [0.1, 0.15) is 13.8 Å². The Labute approximate surface area is 132 Å². The minimum Gasteiger partial charge on any atom is -0.494 e. The van der Waals surface area contributed by atoms with Gasteiger partial charge in [0.1, 0.15) is 5.75 Å². The first-order valence-corrected chi connectivity index (χ1v) is 8.70. The van der Waals surface area contributed by atoms with E-state index in [4.69, 9.17) is 4.74 Å². The summed E-state index contributed by atoms with van der Waals surface area (Å²) < 4.78 is 32.2. The third kappa shape index (κ3) is 4.18. The van der Waals surface area contributed by atoms with Gasteiger partial charge >= 0.3 is 0 Å². The van der Waals surface area contributed by atoms with Crippen molar-refractivity contribution < 1.29 is 17.9 Å². The summed E-state index contributed by atoms with van der Waals surface area (Å²) in [5.74, 6) is 0.356. The first kappa shape index (κ1) is 16.2. The Balaban J connectivity index is 2.13. The molecule has 1 aromatic carbocycles. The van der Waals surface area contributed by atoms with Crippen LogP contribution in [0.2, 0.25) is 0 Å². The molecule has 0 aliphatic rings. The number of amides is 1. The Kier molecular flexibility index (Phi) is 4.99. The minimum atomic E-state index is -3.74. The lowest BCUT2D eigenvalue weighted by molar-refractivity contribution is -0.114. The van der Waals surface area contributed by atoms with E-state index < -0.39 is 10.0 Å². The molecule has 118 valence electrons. The topological polar surface area (TPSA) is 97.4 Å². The van der Waals surface area contributed by atoms with Crippen LogP contribution in [0, 0.1) is 0 Å². The fourth-order valence-electron chi connectivity index (χ4n) is 1.58. The summed E-state index contributed by atoms with van der Waals surface area (Å²) in [4.78, 5) is 14.8. The lowest BCUT2D eigenvalue weighted by atomic mass is 10.3. The summed E-state index contributed by atoms with van der Waals surface area (Å²) in [6.07, 6.45) is 1.20. The molecule has 7 nitrogen and oxygen atoms in total. The third-order valence-electron chi connectivity index (χ3n) is 2.45. The molecule has 0 saturated heterocycles. The number of ether oxygens (including phenoxy) is 1. The Bertz CT molecular complexity index is 754. The first-order valence-electron chi connectivity index (χ1n) is 6.40. The van der Waals surface area contributed by atoms with Crippen molar-refractivity contribution >= 4 is 38.1 Å². The number of sulfonamides is 1. The number of aromatic nitrogens is 1. The van der Waals surface area contributed by atoms with Gasteiger partial charge in [0.2, 0.25) is 5.91 Å². The van der Waals surface area contributed by atoms with Crippen molar-refractivity contribution in [2.75, 3.05) is 16.6 Å². The van der Waals surface area contributed by atoms with Gasteiger partial charge in [-0.3, -0.25) is 9.52 Å². The van der Waals surface area contributed by atoms with Crippen molar-refractivity contribution in [3.63, 3.8) is 0 Å². The van der Waals surface area contributed by atoms with Crippen molar-refractivity contribution in [2.45, 2.75) is 18.1 Å². The van der Waals surface area contributed by atoms with Crippen LogP contribution >= 0.6 is 11.3 Å². The third-order valence-corrected chi connectivity index (χ3v) is 5.21. The highest BCUT2D eigenvalue weighted by molar-refractivity contribution is 7.94. The molecule has 0 spiro atoms. The number of carbonyl (C=O) groups excluding carboxylic acids is 1. The van der Waals surface area contributed by atoms with Gasteiger partial charge in [0.05, 0.1) is 12.8 Å². The van der Waals surface area contributed by atoms with Gasteiger partial charge in [0.25, 0.3) is 10.0 Å². The molecule has 22 heavy (non-hydrogen) atoms. The normalized spacial score (nSPS) is 11.0. The molecular formula is C13H15N3O4S2. The summed E-state index contributed by atoms with van der Waals surface area (Å²) in [6.45, 7) is 3.73. The Morgan fingerprint density at radius 2 is 2.00 bits per heavy atom. The van der Waals surface area contributed by atoms with E-state index >= 15 is 0 Å². The van der Waals surface area contributed by atoms with Crippen LogP contribution < -0.4 is 14.8 Å². The van der Waals surface area contributed by atoms with Gasteiger partial charge in [-0.15, -0.1) is 0 Å². The molecule has 2 rings (SSSR count).